The standard InChI is InChI=1S/C43H60N2O10/c1-7-44-21-40(22-55-38(48)25-15-11-12-16-28(25)45-36(46)23(2)31(37(45)47)24-13-9-8-10-14-24)18-17-30(52-4)42-27-19-26-29(51-3)20-41(49,32(27)33(26)53-5)43(50,39(42)44)35(54-6)34(40)42/h11-12,15-16,24,26-27,29-30,32-35,39,46-47,49-50H,7-10,13-14,17-22H2,1-6H3/t26-,27-,29+,30+,32-,33+,34?,35+,39?,40+,41-,42?,43+/m1/s1. The molecule has 0 radical (unpaired) electrons. The van der Waals surface area contributed by atoms with Crippen molar-refractivity contribution in [1.82, 2.24) is 9.47 Å². The molecular weight excluding hydrogens is 704 g/mol. The molecule has 1 aromatic heterocycles. The number of rotatable bonds is 10. The summed E-state index contributed by atoms with van der Waals surface area (Å²) in [6.45, 7) is 5.14. The van der Waals surface area contributed by atoms with Crippen LogP contribution in [0.25, 0.3) is 5.69 Å². The van der Waals surface area contributed by atoms with E-state index in [0.717, 1.165) is 37.7 Å². The van der Waals surface area contributed by atoms with E-state index >= 15 is 0 Å². The molecule has 1 aromatic carbocycles. The van der Waals surface area contributed by atoms with Crippen LogP contribution in [0, 0.1) is 41.4 Å². The Morgan fingerprint density at radius 3 is 2.36 bits per heavy atom. The fourth-order valence-corrected chi connectivity index (χ4v) is 14.9. The second kappa shape index (κ2) is 13.2. The summed E-state index contributed by atoms with van der Waals surface area (Å²) in [4.78, 5) is 16.8. The molecule has 1 saturated heterocycles. The van der Waals surface area contributed by atoms with Crippen LogP contribution in [-0.2, 0) is 23.7 Å². The first kappa shape index (κ1) is 37.8. The zero-order valence-corrected chi connectivity index (χ0v) is 33.2. The van der Waals surface area contributed by atoms with Crippen LogP contribution in [0.2, 0.25) is 0 Å². The van der Waals surface area contributed by atoms with Crippen LogP contribution in [0.5, 0.6) is 11.8 Å². The largest absolute Gasteiger partial charge is 0.494 e. The SMILES string of the molecule is CCN1C[C@]2(COC(=O)c3ccccc3-n3c(O)c(C)c(C4CCCCC4)c3O)CC[C@H](OC)C34C2[C@H](OC)[C@](O)(C13)[C@@]1(O)C[C@H](OC)[C@H]2C[C@@H]4[C@@H]1[C@H]2OC. The van der Waals surface area contributed by atoms with E-state index in [1.54, 1.807) is 52.7 Å². The number of para-hydroxylation sites is 1. The summed E-state index contributed by atoms with van der Waals surface area (Å²) < 4.78 is 33.1. The van der Waals surface area contributed by atoms with Gasteiger partial charge in [-0.05, 0) is 69.5 Å². The number of benzene rings is 1. The third-order valence-electron chi connectivity index (χ3n) is 16.6. The van der Waals surface area contributed by atoms with Gasteiger partial charge < -0.3 is 44.1 Å². The number of aliphatic hydroxyl groups is 2. The highest BCUT2D eigenvalue weighted by Gasteiger charge is 2.91. The summed E-state index contributed by atoms with van der Waals surface area (Å²) in [5.41, 5.74) is -2.56. The molecule has 0 amide bonds. The quantitative estimate of drug-likeness (QED) is 0.250. The van der Waals surface area contributed by atoms with Gasteiger partial charge in [-0.15, -0.1) is 0 Å². The lowest BCUT2D eigenvalue weighted by molar-refractivity contribution is -0.320. The van der Waals surface area contributed by atoms with Gasteiger partial charge in [-0.3, -0.25) is 9.47 Å². The van der Waals surface area contributed by atoms with E-state index < -0.39 is 40.1 Å². The normalized spacial score (nSPS) is 43.2. The number of carbonyl (C=O) groups excluding carboxylic acids is 1. The highest BCUT2D eigenvalue weighted by Crippen LogP contribution is 2.80. The number of hydrogen-bond acceptors (Lipinski definition) is 11. The average molecular weight is 765 g/mol. The molecule has 55 heavy (non-hydrogen) atoms. The van der Waals surface area contributed by atoms with Crippen molar-refractivity contribution in [3.05, 3.63) is 41.0 Å². The number of methoxy groups -OCH3 is 4. The van der Waals surface area contributed by atoms with Crippen LogP contribution in [0.1, 0.15) is 92.1 Å². The molecule has 13 atom stereocenters. The van der Waals surface area contributed by atoms with Crippen molar-refractivity contribution in [2.45, 2.75) is 119 Å². The molecule has 9 rings (SSSR count). The third-order valence-corrected chi connectivity index (χ3v) is 16.6. The van der Waals surface area contributed by atoms with E-state index in [1.807, 2.05) is 6.92 Å². The molecule has 2 heterocycles. The number of ether oxygens (including phenoxy) is 5. The second-order valence-corrected chi connectivity index (χ2v) is 18.1. The Hall–Kier alpha value is -2.71. The maximum atomic E-state index is 14.5. The molecule has 1 aliphatic heterocycles. The number of carbonyl (C=O) groups is 1. The van der Waals surface area contributed by atoms with Crippen molar-refractivity contribution in [2.75, 3.05) is 48.1 Å². The Labute approximate surface area is 324 Å². The molecule has 3 unspecified atom stereocenters. The van der Waals surface area contributed by atoms with Crippen molar-refractivity contribution in [3.63, 3.8) is 0 Å². The first-order chi connectivity index (χ1) is 26.4. The summed E-state index contributed by atoms with van der Waals surface area (Å²) >= 11 is 0. The highest BCUT2D eigenvalue weighted by molar-refractivity contribution is 5.94. The number of likely N-dealkylation sites (N-methyl/N-ethyl adjacent to an activating group) is 1. The van der Waals surface area contributed by atoms with Gasteiger partial charge in [0, 0.05) is 81.1 Å². The lowest BCUT2D eigenvalue weighted by atomic mass is 9.42. The van der Waals surface area contributed by atoms with Gasteiger partial charge in [-0.1, -0.05) is 38.3 Å². The number of esters is 1. The van der Waals surface area contributed by atoms with Crippen LogP contribution in [-0.4, -0.2) is 126 Å². The zero-order valence-electron chi connectivity index (χ0n) is 33.2. The van der Waals surface area contributed by atoms with E-state index in [-0.39, 0.29) is 78.3 Å². The predicted octanol–water partition coefficient (Wildman–Crippen LogP) is 4.69. The average Bonchev–Trinajstić information content (AvgIpc) is 3.71. The van der Waals surface area contributed by atoms with Gasteiger partial charge in [0.1, 0.15) is 11.2 Å². The monoisotopic (exact) mass is 764 g/mol. The molecule has 1 spiro atoms. The van der Waals surface area contributed by atoms with Crippen molar-refractivity contribution in [1.29, 1.82) is 0 Å². The van der Waals surface area contributed by atoms with E-state index in [1.165, 1.54) is 11.0 Å². The van der Waals surface area contributed by atoms with Crippen molar-refractivity contribution in [3.8, 4) is 17.4 Å². The summed E-state index contributed by atoms with van der Waals surface area (Å²) in [6, 6.07) is 6.50. The molecule has 7 fully saturated rings. The molecule has 7 bridgehead atoms. The fourth-order valence-electron chi connectivity index (χ4n) is 14.9. The molecule has 4 N–H and O–H groups in total. The molecule has 2 aromatic rings. The highest BCUT2D eigenvalue weighted by atomic mass is 16.5. The number of likely N-dealkylation sites (tertiary alicyclic amines) is 1. The predicted molar refractivity (Wildman–Crippen MR) is 201 cm³/mol. The number of aromatic hydroxyl groups is 2. The first-order valence-electron chi connectivity index (χ1n) is 20.6. The zero-order chi connectivity index (χ0) is 38.8. The van der Waals surface area contributed by atoms with Gasteiger partial charge in [0.15, 0.2) is 0 Å². The number of hydrogen-bond donors (Lipinski definition) is 4. The molecule has 12 nitrogen and oxygen atoms in total. The topological polar surface area (TPSA) is 152 Å². The van der Waals surface area contributed by atoms with Crippen LogP contribution in [0.4, 0.5) is 0 Å². The number of fused-ring (bicyclic) bond motifs is 2. The Balaban J connectivity index is 1.12. The minimum absolute atomic E-state index is 0.0321. The van der Waals surface area contributed by atoms with Gasteiger partial charge in [0.05, 0.1) is 48.3 Å². The Bertz CT molecular complexity index is 1830. The van der Waals surface area contributed by atoms with E-state index in [9.17, 15) is 25.2 Å². The van der Waals surface area contributed by atoms with E-state index in [0.29, 0.717) is 37.2 Å². The smallest absolute Gasteiger partial charge is 0.340 e. The fraction of sp³-hybridized carbons (Fsp3) is 0.744. The third kappa shape index (κ3) is 4.56. The number of nitrogens with zero attached hydrogens (tertiary/aromatic N) is 2. The number of piperidine rings is 1. The van der Waals surface area contributed by atoms with Crippen molar-refractivity contribution >= 4 is 5.97 Å². The Morgan fingerprint density at radius 1 is 0.945 bits per heavy atom. The molecule has 12 heteroatoms. The van der Waals surface area contributed by atoms with Crippen LogP contribution in [0.15, 0.2) is 24.3 Å². The molecule has 302 valence electrons. The molecule has 7 aliphatic rings. The van der Waals surface area contributed by atoms with Crippen LogP contribution in [0.3, 0.4) is 0 Å². The van der Waals surface area contributed by atoms with E-state index in [2.05, 4.69) is 11.8 Å². The maximum Gasteiger partial charge on any atom is 0.340 e. The van der Waals surface area contributed by atoms with E-state index in [4.69, 9.17) is 23.7 Å². The summed E-state index contributed by atoms with van der Waals surface area (Å²) in [6.07, 6.45) is 6.00. The Kier molecular flexibility index (Phi) is 9.05. The minimum Gasteiger partial charge on any atom is -0.494 e. The molecular formula is C43H60N2O10. The number of aromatic nitrogens is 1. The maximum absolute atomic E-state index is 14.5. The van der Waals surface area contributed by atoms with Crippen LogP contribution < -0.4 is 0 Å². The van der Waals surface area contributed by atoms with Crippen molar-refractivity contribution in [2.24, 2.45) is 34.5 Å². The minimum atomic E-state index is -1.69. The van der Waals surface area contributed by atoms with Gasteiger partial charge in [-0.25, -0.2) is 4.79 Å². The van der Waals surface area contributed by atoms with Gasteiger partial charge in [0.25, 0.3) is 0 Å². The Morgan fingerprint density at radius 2 is 1.69 bits per heavy atom. The van der Waals surface area contributed by atoms with Gasteiger partial charge in [0.2, 0.25) is 11.8 Å². The van der Waals surface area contributed by atoms with Gasteiger partial charge in [-0.2, -0.15) is 0 Å². The summed E-state index contributed by atoms with van der Waals surface area (Å²) in [5.74, 6) is -1.21. The molecule has 6 aliphatic carbocycles. The lowest BCUT2D eigenvalue weighted by Gasteiger charge is -2.70. The second-order valence-electron chi connectivity index (χ2n) is 18.1. The van der Waals surface area contributed by atoms with Gasteiger partial charge >= 0.3 is 5.97 Å². The lowest BCUT2D eigenvalue weighted by Crippen LogP contribution is -2.82. The first-order valence-corrected chi connectivity index (χ1v) is 20.6. The van der Waals surface area contributed by atoms with Crippen LogP contribution >= 0.6 is 0 Å². The van der Waals surface area contributed by atoms with Crippen molar-refractivity contribution < 1.29 is 48.9 Å². The summed E-state index contributed by atoms with van der Waals surface area (Å²) in [7, 11) is 6.77. The summed E-state index contributed by atoms with van der Waals surface area (Å²) in [5, 5.41) is 49.9. The molecule has 6 saturated carbocycles.